The van der Waals surface area contributed by atoms with Crippen molar-refractivity contribution in [2.45, 2.75) is 32.0 Å². The molecule has 2 heterocycles. The topological polar surface area (TPSA) is 44.8 Å². The highest BCUT2D eigenvalue weighted by Gasteiger charge is 2.33. The van der Waals surface area contributed by atoms with Crippen LogP contribution >= 0.6 is 0 Å². The molecule has 2 aliphatic heterocycles. The normalized spacial score (nSPS) is 35.9. The van der Waals surface area contributed by atoms with E-state index < -0.39 is 0 Å². The first-order valence-electron chi connectivity index (χ1n) is 6.42. The number of piperazine rings is 1. The van der Waals surface area contributed by atoms with Crippen LogP contribution in [0.1, 0.15) is 13.8 Å². The largest absolute Gasteiger partial charge is 0.366 e. The average molecular weight is 241 g/mol. The zero-order chi connectivity index (χ0) is 12.4. The third kappa shape index (κ3) is 2.78. The standard InChI is InChI=1S/C12H23N3O2/c1-9-7-15(8-10(2)14(9)3)12(16)11-6-13-4-5-17-11/h9-11,13H,4-8H2,1-3H3. The van der Waals surface area contributed by atoms with Gasteiger partial charge >= 0.3 is 0 Å². The van der Waals surface area contributed by atoms with Gasteiger partial charge < -0.3 is 15.0 Å². The van der Waals surface area contributed by atoms with E-state index in [9.17, 15) is 4.79 Å². The fourth-order valence-electron chi connectivity index (χ4n) is 2.51. The van der Waals surface area contributed by atoms with Gasteiger partial charge in [0.2, 0.25) is 0 Å². The monoisotopic (exact) mass is 241 g/mol. The van der Waals surface area contributed by atoms with Crippen LogP contribution in [0.5, 0.6) is 0 Å². The molecule has 0 aliphatic carbocycles. The van der Waals surface area contributed by atoms with Crippen LogP contribution in [0.3, 0.4) is 0 Å². The van der Waals surface area contributed by atoms with E-state index in [0.717, 1.165) is 19.6 Å². The molecule has 2 saturated heterocycles. The summed E-state index contributed by atoms with van der Waals surface area (Å²) in [6, 6.07) is 0.832. The van der Waals surface area contributed by atoms with E-state index in [0.29, 0.717) is 25.2 Å². The van der Waals surface area contributed by atoms with Crippen LogP contribution in [0.25, 0.3) is 0 Å². The fourth-order valence-corrected chi connectivity index (χ4v) is 2.51. The molecule has 0 aromatic heterocycles. The van der Waals surface area contributed by atoms with Crippen molar-refractivity contribution in [3.63, 3.8) is 0 Å². The highest BCUT2D eigenvalue weighted by Crippen LogP contribution is 2.15. The van der Waals surface area contributed by atoms with Gasteiger partial charge in [0, 0.05) is 38.3 Å². The van der Waals surface area contributed by atoms with Crippen LogP contribution in [-0.4, -0.2) is 73.7 Å². The Bertz CT molecular complexity index is 267. The van der Waals surface area contributed by atoms with Crippen LogP contribution in [-0.2, 0) is 9.53 Å². The minimum absolute atomic E-state index is 0.143. The van der Waals surface area contributed by atoms with Crippen LogP contribution in [0, 0.1) is 0 Å². The predicted molar refractivity (Wildman–Crippen MR) is 65.9 cm³/mol. The number of hydrogen-bond donors (Lipinski definition) is 1. The van der Waals surface area contributed by atoms with Crippen molar-refractivity contribution in [3.05, 3.63) is 0 Å². The number of nitrogens with zero attached hydrogens (tertiary/aromatic N) is 2. The maximum Gasteiger partial charge on any atom is 0.253 e. The predicted octanol–water partition coefficient (Wildman–Crippen LogP) is -0.474. The summed E-state index contributed by atoms with van der Waals surface area (Å²) in [5, 5.41) is 3.20. The number of nitrogens with one attached hydrogen (secondary N) is 1. The number of rotatable bonds is 1. The van der Waals surface area contributed by atoms with E-state index in [2.05, 4.69) is 31.1 Å². The molecule has 2 aliphatic rings. The quantitative estimate of drug-likeness (QED) is 0.674. The fraction of sp³-hybridized carbons (Fsp3) is 0.917. The molecule has 0 bridgehead atoms. The highest BCUT2D eigenvalue weighted by molar-refractivity contribution is 5.81. The number of likely N-dealkylation sites (N-methyl/N-ethyl adjacent to an activating group) is 1. The average Bonchev–Trinajstić information content (AvgIpc) is 2.35. The number of hydrogen-bond acceptors (Lipinski definition) is 4. The summed E-state index contributed by atoms with van der Waals surface area (Å²) in [6.07, 6.45) is -0.286. The van der Waals surface area contributed by atoms with Gasteiger partial charge in [-0.2, -0.15) is 0 Å². The molecule has 0 aromatic carbocycles. The maximum atomic E-state index is 12.3. The van der Waals surface area contributed by atoms with Crippen LogP contribution in [0.15, 0.2) is 0 Å². The van der Waals surface area contributed by atoms with E-state index in [1.165, 1.54) is 0 Å². The van der Waals surface area contributed by atoms with Crippen LogP contribution in [0.4, 0.5) is 0 Å². The lowest BCUT2D eigenvalue weighted by Gasteiger charge is -2.43. The highest BCUT2D eigenvalue weighted by atomic mass is 16.5. The Morgan fingerprint density at radius 1 is 1.29 bits per heavy atom. The Balaban J connectivity index is 1.95. The van der Waals surface area contributed by atoms with Gasteiger partial charge in [-0.25, -0.2) is 0 Å². The number of morpholine rings is 1. The number of ether oxygens (including phenoxy) is 1. The lowest BCUT2D eigenvalue weighted by molar-refractivity contribution is -0.149. The summed E-state index contributed by atoms with van der Waals surface area (Å²) in [5.74, 6) is 0.143. The second-order valence-corrected chi connectivity index (χ2v) is 5.17. The summed E-state index contributed by atoms with van der Waals surface area (Å²) in [7, 11) is 2.12. The second-order valence-electron chi connectivity index (χ2n) is 5.17. The van der Waals surface area contributed by atoms with Gasteiger partial charge in [0.05, 0.1) is 6.61 Å². The summed E-state index contributed by atoms with van der Waals surface area (Å²) < 4.78 is 5.52. The molecule has 0 saturated carbocycles. The third-order valence-electron chi connectivity index (χ3n) is 3.87. The zero-order valence-electron chi connectivity index (χ0n) is 11.0. The van der Waals surface area contributed by atoms with Gasteiger partial charge in [0.25, 0.3) is 5.91 Å². The lowest BCUT2D eigenvalue weighted by Crippen LogP contribution is -2.59. The molecular weight excluding hydrogens is 218 g/mol. The van der Waals surface area contributed by atoms with Crippen molar-refractivity contribution < 1.29 is 9.53 Å². The molecule has 0 spiro atoms. The van der Waals surface area contributed by atoms with Crippen LogP contribution < -0.4 is 5.32 Å². The van der Waals surface area contributed by atoms with E-state index in [-0.39, 0.29) is 12.0 Å². The number of carbonyl (C=O) groups excluding carboxylic acids is 1. The Morgan fingerprint density at radius 2 is 1.94 bits per heavy atom. The molecule has 1 N–H and O–H groups in total. The molecule has 0 radical (unpaired) electrons. The second kappa shape index (κ2) is 5.33. The molecule has 5 nitrogen and oxygen atoms in total. The Kier molecular flexibility index (Phi) is 4.01. The van der Waals surface area contributed by atoms with Crippen molar-refractivity contribution in [3.8, 4) is 0 Å². The zero-order valence-corrected chi connectivity index (χ0v) is 11.0. The van der Waals surface area contributed by atoms with Gasteiger partial charge in [-0.3, -0.25) is 9.69 Å². The molecule has 1 amide bonds. The molecule has 3 unspecified atom stereocenters. The first kappa shape index (κ1) is 12.8. The molecule has 3 atom stereocenters. The van der Waals surface area contributed by atoms with Crippen molar-refractivity contribution in [1.29, 1.82) is 0 Å². The van der Waals surface area contributed by atoms with Gasteiger partial charge in [-0.05, 0) is 20.9 Å². The maximum absolute atomic E-state index is 12.3. The first-order valence-corrected chi connectivity index (χ1v) is 6.42. The van der Waals surface area contributed by atoms with Gasteiger partial charge in [0.1, 0.15) is 6.10 Å². The Labute approximate surface area is 103 Å². The van der Waals surface area contributed by atoms with Gasteiger partial charge in [0.15, 0.2) is 0 Å². The lowest BCUT2D eigenvalue weighted by atomic mass is 10.1. The van der Waals surface area contributed by atoms with E-state index in [1.807, 2.05) is 4.90 Å². The molecular formula is C12H23N3O2. The van der Waals surface area contributed by atoms with Crippen molar-refractivity contribution in [1.82, 2.24) is 15.1 Å². The molecule has 17 heavy (non-hydrogen) atoms. The number of amides is 1. The van der Waals surface area contributed by atoms with E-state index in [1.54, 1.807) is 0 Å². The molecule has 98 valence electrons. The van der Waals surface area contributed by atoms with Gasteiger partial charge in [-0.15, -0.1) is 0 Å². The third-order valence-corrected chi connectivity index (χ3v) is 3.87. The Morgan fingerprint density at radius 3 is 2.47 bits per heavy atom. The molecule has 2 rings (SSSR count). The number of carbonyl (C=O) groups is 1. The molecule has 2 fully saturated rings. The van der Waals surface area contributed by atoms with E-state index in [4.69, 9.17) is 4.74 Å². The SMILES string of the molecule is CC1CN(C(=O)C2CNCCO2)CC(C)N1C. The first-order chi connectivity index (χ1) is 8.09. The molecule has 0 aromatic rings. The van der Waals surface area contributed by atoms with Crippen LogP contribution in [0.2, 0.25) is 0 Å². The smallest absolute Gasteiger partial charge is 0.253 e. The Hall–Kier alpha value is -0.650. The van der Waals surface area contributed by atoms with Crippen molar-refractivity contribution in [2.75, 3.05) is 39.8 Å². The van der Waals surface area contributed by atoms with Crippen molar-refractivity contribution >= 4 is 5.91 Å². The van der Waals surface area contributed by atoms with E-state index >= 15 is 0 Å². The van der Waals surface area contributed by atoms with Crippen molar-refractivity contribution in [2.24, 2.45) is 0 Å². The minimum atomic E-state index is -0.286. The minimum Gasteiger partial charge on any atom is -0.366 e. The summed E-state index contributed by atoms with van der Waals surface area (Å²) >= 11 is 0. The molecule has 5 heteroatoms. The summed E-state index contributed by atoms with van der Waals surface area (Å²) in [4.78, 5) is 16.6. The summed E-state index contributed by atoms with van der Waals surface area (Å²) in [5.41, 5.74) is 0. The summed E-state index contributed by atoms with van der Waals surface area (Å²) in [6.45, 7) is 8.06. The van der Waals surface area contributed by atoms with Gasteiger partial charge in [-0.1, -0.05) is 0 Å².